The summed E-state index contributed by atoms with van der Waals surface area (Å²) in [5.41, 5.74) is 0.881. The van der Waals surface area contributed by atoms with E-state index in [4.69, 9.17) is 16.0 Å². The first-order chi connectivity index (χ1) is 9.83. The fraction of sp³-hybridized carbons (Fsp3) is 0.143. The number of rotatable bonds is 5. The van der Waals surface area contributed by atoms with Crippen LogP contribution in [0.3, 0.4) is 0 Å². The Kier molecular flexibility index (Phi) is 4.11. The van der Waals surface area contributed by atoms with Gasteiger partial charge in [0.25, 0.3) is 0 Å². The molecule has 0 aliphatic heterocycles. The first kappa shape index (κ1) is 13.3. The van der Waals surface area contributed by atoms with Crippen molar-refractivity contribution >= 4 is 22.9 Å². The molecule has 3 aromatic rings. The molecule has 102 valence electrons. The number of halogens is 1. The summed E-state index contributed by atoms with van der Waals surface area (Å²) in [7, 11) is 0. The predicted octanol–water partition coefficient (Wildman–Crippen LogP) is 3.66. The number of nitrogens with one attached hydrogen (secondary N) is 1. The van der Waals surface area contributed by atoms with Gasteiger partial charge in [-0.15, -0.1) is 11.3 Å². The van der Waals surface area contributed by atoms with Crippen molar-refractivity contribution in [3.8, 4) is 0 Å². The van der Waals surface area contributed by atoms with Crippen LogP contribution in [0, 0.1) is 0 Å². The highest BCUT2D eigenvalue weighted by Crippen LogP contribution is 2.31. The van der Waals surface area contributed by atoms with E-state index in [1.807, 2.05) is 36.4 Å². The van der Waals surface area contributed by atoms with Gasteiger partial charge in [-0.3, -0.25) is 5.32 Å². The highest BCUT2D eigenvalue weighted by atomic mass is 35.5. The molecule has 1 atom stereocenters. The fourth-order valence-corrected chi connectivity index (χ4v) is 3.06. The molecule has 0 saturated heterocycles. The van der Waals surface area contributed by atoms with E-state index in [2.05, 4.69) is 15.5 Å². The van der Waals surface area contributed by atoms with E-state index in [1.165, 1.54) is 11.3 Å². The van der Waals surface area contributed by atoms with Gasteiger partial charge in [0, 0.05) is 17.6 Å². The van der Waals surface area contributed by atoms with Crippen molar-refractivity contribution in [2.75, 3.05) is 0 Å². The predicted molar refractivity (Wildman–Crippen MR) is 78.8 cm³/mol. The second-order valence-corrected chi connectivity index (χ2v) is 5.93. The third kappa shape index (κ3) is 3.07. The van der Waals surface area contributed by atoms with E-state index in [0.717, 1.165) is 20.7 Å². The monoisotopic (exact) mass is 305 g/mol. The molecule has 0 amide bonds. The Hall–Kier alpha value is -1.69. The third-order valence-electron chi connectivity index (χ3n) is 2.82. The second-order valence-electron chi connectivity index (χ2n) is 4.19. The van der Waals surface area contributed by atoms with Crippen LogP contribution < -0.4 is 5.32 Å². The summed E-state index contributed by atoms with van der Waals surface area (Å²) in [4.78, 5) is 1.11. The summed E-state index contributed by atoms with van der Waals surface area (Å²) in [6.45, 7) is 0.606. The molecule has 0 fully saturated rings. The summed E-state index contributed by atoms with van der Waals surface area (Å²) in [6, 6.07) is 11.5. The van der Waals surface area contributed by atoms with E-state index < -0.39 is 0 Å². The zero-order chi connectivity index (χ0) is 13.8. The van der Waals surface area contributed by atoms with E-state index in [9.17, 15) is 0 Å². The summed E-state index contributed by atoms with van der Waals surface area (Å²) in [5, 5.41) is 11.4. The van der Waals surface area contributed by atoms with Gasteiger partial charge in [-0.2, -0.15) is 10.2 Å². The minimum atomic E-state index is -0.0375. The van der Waals surface area contributed by atoms with Crippen molar-refractivity contribution in [2.45, 2.75) is 12.6 Å². The van der Waals surface area contributed by atoms with Gasteiger partial charge in [-0.25, -0.2) is 0 Å². The minimum absolute atomic E-state index is 0.0375. The lowest BCUT2D eigenvalue weighted by molar-refractivity contribution is 0.447. The van der Waals surface area contributed by atoms with Gasteiger partial charge in [0.05, 0.1) is 16.3 Å². The van der Waals surface area contributed by atoms with Gasteiger partial charge < -0.3 is 4.42 Å². The highest BCUT2D eigenvalue weighted by molar-refractivity contribution is 7.16. The van der Waals surface area contributed by atoms with Crippen molar-refractivity contribution in [2.24, 2.45) is 0 Å². The Morgan fingerprint density at radius 3 is 2.85 bits per heavy atom. The molecule has 0 aliphatic rings. The fourth-order valence-electron chi connectivity index (χ4n) is 1.91. The number of hydrogen-bond donors (Lipinski definition) is 1. The normalized spacial score (nSPS) is 12.4. The standard InChI is InChI=1S/C14H12ClN3OS/c15-13-6-5-12(20-13)14(11-4-2-8-19-11)16-9-10-3-1-7-17-18-10/h1-8,14,16H,9H2. The van der Waals surface area contributed by atoms with Crippen molar-refractivity contribution in [1.82, 2.24) is 15.5 Å². The molecule has 1 unspecified atom stereocenters. The average molecular weight is 306 g/mol. The first-order valence-corrected chi connectivity index (χ1v) is 7.31. The Balaban J connectivity index is 1.80. The molecule has 0 saturated carbocycles. The Morgan fingerprint density at radius 1 is 1.25 bits per heavy atom. The first-order valence-electron chi connectivity index (χ1n) is 6.11. The largest absolute Gasteiger partial charge is 0.467 e. The molecule has 3 rings (SSSR count). The van der Waals surface area contributed by atoms with Gasteiger partial charge in [-0.05, 0) is 36.4 Å². The molecule has 20 heavy (non-hydrogen) atoms. The topological polar surface area (TPSA) is 51.0 Å². The molecule has 0 bridgehead atoms. The lowest BCUT2D eigenvalue weighted by atomic mass is 10.2. The summed E-state index contributed by atoms with van der Waals surface area (Å²) in [5.74, 6) is 0.854. The molecule has 3 aromatic heterocycles. The minimum Gasteiger partial charge on any atom is -0.467 e. The quantitative estimate of drug-likeness (QED) is 0.781. The molecular weight excluding hydrogens is 294 g/mol. The van der Waals surface area contributed by atoms with Gasteiger partial charge in [0.15, 0.2) is 0 Å². The molecule has 3 heterocycles. The van der Waals surface area contributed by atoms with Gasteiger partial charge in [0.2, 0.25) is 0 Å². The van der Waals surface area contributed by atoms with Gasteiger partial charge in [-0.1, -0.05) is 11.6 Å². The Morgan fingerprint density at radius 2 is 2.20 bits per heavy atom. The number of hydrogen-bond acceptors (Lipinski definition) is 5. The maximum atomic E-state index is 6.02. The lowest BCUT2D eigenvalue weighted by Crippen LogP contribution is -2.21. The Bertz CT molecular complexity index is 654. The molecule has 0 spiro atoms. The summed E-state index contributed by atoms with van der Waals surface area (Å²) in [6.07, 6.45) is 3.33. The van der Waals surface area contributed by atoms with Crippen LogP contribution in [0.4, 0.5) is 0 Å². The highest BCUT2D eigenvalue weighted by Gasteiger charge is 2.18. The molecule has 0 aliphatic carbocycles. The SMILES string of the molecule is Clc1ccc(C(NCc2cccnn2)c2ccco2)s1. The van der Waals surface area contributed by atoms with Crippen LogP contribution in [0.1, 0.15) is 22.4 Å². The lowest BCUT2D eigenvalue weighted by Gasteiger charge is -2.14. The van der Waals surface area contributed by atoms with Crippen molar-refractivity contribution in [3.63, 3.8) is 0 Å². The van der Waals surface area contributed by atoms with E-state index >= 15 is 0 Å². The van der Waals surface area contributed by atoms with Crippen molar-refractivity contribution in [1.29, 1.82) is 0 Å². The van der Waals surface area contributed by atoms with Crippen LogP contribution in [0.5, 0.6) is 0 Å². The van der Waals surface area contributed by atoms with E-state index in [1.54, 1.807) is 12.5 Å². The molecule has 0 radical (unpaired) electrons. The zero-order valence-corrected chi connectivity index (χ0v) is 12.1. The molecule has 1 N–H and O–H groups in total. The van der Waals surface area contributed by atoms with Crippen molar-refractivity contribution < 1.29 is 4.42 Å². The van der Waals surface area contributed by atoms with Crippen LogP contribution >= 0.6 is 22.9 Å². The maximum absolute atomic E-state index is 6.02. The van der Waals surface area contributed by atoms with Gasteiger partial charge >= 0.3 is 0 Å². The molecule has 4 nitrogen and oxygen atoms in total. The van der Waals surface area contributed by atoms with Crippen LogP contribution in [0.25, 0.3) is 0 Å². The number of aromatic nitrogens is 2. The van der Waals surface area contributed by atoms with Crippen molar-refractivity contribution in [3.05, 3.63) is 69.5 Å². The van der Waals surface area contributed by atoms with E-state index in [-0.39, 0.29) is 6.04 Å². The molecule has 0 aromatic carbocycles. The van der Waals surface area contributed by atoms with Crippen LogP contribution in [-0.2, 0) is 6.54 Å². The number of furan rings is 1. The zero-order valence-electron chi connectivity index (χ0n) is 10.5. The maximum Gasteiger partial charge on any atom is 0.126 e. The number of nitrogens with zero attached hydrogens (tertiary/aromatic N) is 2. The van der Waals surface area contributed by atoms with Gasteiger partial charge in [0.1, 0.15) is 11.8 Å². The molecule has 6 heteroatoms. The Labute approximate surface area is 125 Å². The second kappa shape index (κ2) is 6.17. The molecular formula is C14H12ClN3OS. The summed E-state index contributed by atoms with van der Waals surface area (Å²) < 4.78 is 6.27. The number of thiophene rings is 1. The van der Waals surface area contributed by atoms with Crippen LogP contribution in [0.2, 0.25) is 4.34 Å². The van der Waals surface area contributed by atoms with Crippen LogP contribution in [-0.4, -0.2) is 10.2 Å². The third-order valence-corrected chi connectivity index (χ3v) is 4.12. The smallest absolute Gasteiger partial charge is 0.126 e. The van der Waals surface area contributed by atoms with Crippen LogP contribution in [0.15, 0.2) is 53.3 Å². The van der Waals surface area contributed by atoms with E-state index in [0.29, 0.717) is 6.54 Å². The summed E-state index contributed by atoms with van der Waals surface area (Å²) >= 11 is 7.56. The average Bonchev–Trinajstić information content (AvgIpc) is 3.13.